The normalized spacial score (nSPS) is 10.2. The molecule has 0 aliphatic carbocycles. The van der Waals surface area contributed by atoms with E-state index in [2.05, 4.69) is 15.0 Å². The van der Waals surface area contributed by atoms with Crippen LogP contribution in [0, 0.1) is 6.92 Å². The van der Waals surface area contributed by atoms with Crippen LogP contribution < -0.4 is 5.32 Å². The Balaban J connectivity index is 0.00000172. The molecule has 0 bridgehead atoms. The molecule has 0 atom stereocenters. The predicted molar refractivity (Wildman–Crippen MR) is 78.9 cm³/mol. The molecule has 0 aromatic carbocycles. The van der Waals surface area contributed by atoms with Crippen molar-refractivity contribution in [3.63, 3.8) is 0 Å². The molecular formula is C14H21ClN2O3. The monoisotopic (exact) mass is 300 g/mol. The van der Waals surface area contributed by atoms with E-state index >= 15 is 0 Å². The number of amides is 1. The number of carbonyl (C=O) groups excluding carboxylic acids is 2. The number of methoxy groups -OCH3 is 1. The molecule has 1 N–H and O–H groups in total. The number of ether oxygens (including phenoxy) is 1. The first-order valence-corrected chi connectivity index (χ1v) is 6.69. The third kappa shape index (κ3) is 4.81. The predicted octanol–water partition coefficient (Wildman–Crippen LogP) is 2.75. The van der Waals surface area contributed by atoms with Crippen LogP contribution in [-0.2, 0) is 9.53 Å². The van der Waals surface area contributed by atoms with E-state index in [1.54, 1.807) is 26.8 Å². The number of hydrogen-bond acceptors (Lipinski definition) is 4. The molecule has 0 fully saturated rings. The number of aryl methyl sites for hydroxylation is 1. The van der Waals surface area contributed by atoms with Gasteiger partial charge in [-0.3, -0.25) is 4.79 Å². The number of nitrogens with one attached hydrogen (secondary N) is 1. The van der Waals surface area contributed by atoms with Crippen molar-refractivity contribution in [3.05, 3.63) is 28.5 Å². The third-order valence-corrected chi connectivity index (χ3v) is 2.80. The molecule has 0 spiro atoms. The summed E-state index contributed by atoms with van der Waals surface area (Å²) in [5, 5.41) is 3.04. The second-order valence-corrected chi connectivity index (χ2v) is 4.80. The minimum absolute atomic E-state index is 0.203. The molecule has 1 heterocycles. The standard InChI is InChI=1S/C12H15ClN2O3.C2H6/c1-7-5-9(14-6-8(7)13)10(16)15-12(2,3)11(17)18-4;1-2/h5-6H,1-4H3,(H,15,16);1-2H3. The lowest BCUT2D eigenvalue weighted by molar-refractivity contribution is -0.146. The van der Waals surface area contributed by atoms with Crippen molar-refractivity contribution in [2.24, 2.45) is 0 Å². The first kappa shape index (κ1) is 18.4. The molecule has 0 saturated heterocycles. The van der Waals surface area contributed by atoms with Crippen LogP contribution >= 0.6 is 11.6 Å². The van der Waals surface area contributed by atoms with Crippen molar-refractivity contribution in [2.75, 3.05) is 7.11 Å². The highest BCUT2D eigenvalue weighted by Crippen LogP contribution is 2.14. The lowest BCUT2D eigenvalue weighted by atomic mass is 10.1. The molecule has 5 nitrogen and oxygen atoms in total. The molecule has 0 saturated carbocycles. The topological polar surface area (TPSA) is 68.3 Å². The molecule has 0 aliphatic rings. The first-order valence-electron chi connectivity index (χ1n) is 6.31. The Bertz CT molecular complexity index is 487. The van der Waals surface area contributed by atoms with E-state index in [1.807, 2.05) is 13.8 Å². The second-order valence-electron chi connectivity index (χ2n) is 4.39. The minimum Gasteiger partial charge on any atom is -0.467 e. The average molecular weight is 301 g/mol. The van der Waals surface area contributed by atoms with Crippen LogP contribution in [0.1, 0.15) is 43.7 Å². The molecule has 0 aliphatic heterocycles. The number of pyridine rings is 1. The quantitative estimate of drug-likeness (QED) is 0.872. The fraction of sp³-hybridized carbons (Fsp3) is 0.500. The fourth-order valence-electron chi connectivity index (χ4n) is 1.32. The summed E-state index contributed by atoms with van der Waals surface area (Å²) in [6.45, 7) is 8.88. The summed E-state index contributed by atoms with van der Waals surface area (Å²) >= 11 is 5.82. The summed E-state index contributed by atoms with van der Waals surface area (Å²) < 4.78 is 4.60. The van der Waals surface area contributed by atoms with Gasteiger partial charge in [0.05, 0.1) is 12.1 Å². The Morgan fingerprint density at radius 1 is 1.35 bits per heavy atom. The van der Waals surface area contributed by atoms with Gasteiger partial charge in [0.1, 0.15) is 11.2 Å². The summed E-state index contributed by atoms with van der Waals surface area (Å²) in [7, 11) is 1.26. The van der Waals surface area contributed by atoms with Crippen molar-refractivity contribution in [1.29, 1.82) is 0 Å². The second kappa shape index (κ2) is 7.85. The Labute approximate surface area is 124 Å². The van der Waals surface area contributed by atoms with E-state index in [4.69, 9.17) is 11.6 Å². The number of halogens is 1. The van der Waals surface area contributed by atoms with Crippen LogP contribution in [0.2, 0.25) is 5.02 Å². The minimum atomic E-state index is -1.11. The summed E-state index contributed by atoms with van der Waals surface area (Å²) in [6.07, 6.45) is 1.40. The first-order chi connectivity index (χ1) is 9.27. The van der Waals surface area contributed by atoms with Crippen LogP contribution in [0.4, 0.5) is 0 Å². The van der Waals surface area contributed by atoms with E-state index < -0.39 is 17.4 Å². The van der Waals surface area contributed by atoms with Crippen molar-refractivity contribution < 1.29 is 14.3 Å². The van der Waals surface area contributed by atoms with Crippen LogP contribution in [0.3, 0.4) is 0 Å². The molecular weight excluding hydrogens is 280 g/mol. The number of aromatic nitrogens is 1. The van der Waals surface area contributed by atoms with Gasteiger partial charge in [-0.15, -0.1) is 0 Å². The van der Waals surface area contributed by atoms with Crippen molar-refractivity contribution in [1.82, 2.24) is 10.3 Å². The average Bonchev–Trinajstić information content (AvgIpc) is 2.42. The highest BCUT2D eigenvalue weighted by Gasteiger charge is 2.31. The lowest BCUT2D eigenvalue weighted by Crippen LogP contribution is -2.50. The molecule has 0 unspecified atom stereocenters. The van der Waals surface area contributed by atoms with Gasteiger partial charge in [-0.25, -0.2) is 9.78 Å². The summed E-state index contributed by atoms with van der Waals surface area (Å²) in [5.74, 6) is -0.980. The van der Waals surface area contributed by atoms with Gasteiger partial charge in [-0.1, -0.05) is 25.4 Å². The molecule has 1 amide bonds. The van der Waals surface area contributed by atoms with Gasteiger partial charge >= 0.3 is 5.97 Å². The van der Waals surface area contributed by atoms with Crippen LogP contribution in [0.5, 0.6) is 0 Å². The van der Waals surface area contributed by atoms with Crippen LogP contribution in [0.25, 0.3) is 0 Å². The zero-order valence-corrected chi connectivity index (χ0v) is 13.5. The van der Waals surface area contributed by atoms with Gasteiger partial charge in [0.25, 0.3) is 5.91 Å². The largest absolute Gasteiger partial charge is 0.467 e. The highest BCUT2D eigenvalue weighted by atomic mass is 35.5. The van der Waals surface area contributed by atoms with E-state index in [9.17, 15) is 9.59 Å². The van der Waals surface area contributed by atoms with Gasteiger partial charge in [0, 0.05) is 6.20 Å². The van der Waals surface area contributed by atoms with E-state index in [0.29, 0.717) is 5.02 Å². The molecule has 1 rings (SSSR count). The summed E-state index contributed by atoms with van der Waals surface area (Å²) in [6, 6.07) is 1.56. The van der Waals surface area contributed by atoms with Gasteiger partial charge < -0.3 is 10.1 Å². The lowest BCUT2D eigenvalue weighted by Gasteiger charge is -2.22. The van der Waals surface area contributed by atoms with Gasteiger partial charge in [-0.2, -0.15) is 0 Å². The Kier molecular flexibility index (Phi) is 7.21. The van der Waals surface area contributed by atoms with Gasteiger partial charge in [0.2, 0.25) is 0 Å². The Hall–Kier alpha value is -1.62. The third-order valence-electron chi connectivity index (χ3n) is 2.40. The smallest absolute Gasteiger partial charge is 0.330 e. The zero-order chi connectivity index (χ0) is 15.9. The SMILES string of the molecule is CC.COC(=O)C(C)(C)NC(=O)c1cc(C)c(Cl)cn1. The Morgan fingerprint density at radius 3 is 2.35 bits per heavy atom. The summed E-state index contributed by atoms with van der Waals surface area (Å²) in [5.41, 5.74) is -0.164. The molecule has 6 heteroatoms. The maximum Gasteiger partial charge on any atom is 0.330 e. The van der Waals surface area contributed by atoms with Crippen molar-refractivity contribution in [2.45, 2.75) is 40.2 Å². The molecule has 112 valence electrons. The maximum atomic E-state index is 11.9. The molecule has 1 aromatic heterocycles. The molecule has 1 aromatic rings. The summed E-state index contributed by atoms with van der Waals surface area (Å²) in [4.78, 5) is 27.3. The van der Waals surface area contributed by atoms with Crippen molar-refractivity contribution in [3.8, 4) is 0 Å². The van der Waals surface area contributed by atoms with E-state index in [0.717, 1.165) is 5.56 Å². The van der Waals surface area contributed by atoms with E-state index in [-0.39, 0.29) is 5.69 Å². The fourth-order valence-corrected chi connectivity index (χ4v) is 1.42. The number of hydrogen-bond donors (Lipinski definition) is 1. The zero-order valence-electron chi connectivity index (χ0n) is 12.7. The van der Waals surface area contributed by atoms with E-state index in [1.165, 1.54) is 13.3 Å². The highest BCUT2D eigenvalue weighted by molar-refractivity contribution is 6.31. The van der Waals surface area contributed by atoms with Crippen LogP contribution in [0.15, 0.2) is 12.3 Å². The number of rotatable bonds is 3. The van der Waals surface area contributed by atoms with Gasteiger partial charge in [-0.05, 0) is 32.4 Å². The Morgan fingerprint density at radius 2 is 1.90 bits per heavy atom. The number of nitrogens with zero attached hydrogens (tertiary/aromatic N) is 1. The molecule has 0 radical (unpaired) electrons. The number of carbonyl (C=O) groups is 2. The van der Waals surface area contributed by atoms with Crippen molar-refractivity contribution >= 4 is 23.5 Å². The number of esters is 1. The maximum absolute atomic E-state index is 11.9. The molecule has 20 heavy (non-hydrogen) atoms. The van der Waals surface area contributed by atoms with Crippen LogP contribution in [-0.4, -0.2) is 29.5 Å². The van der Waals surface area contributed by atoms with Gasteiger partial charge in [0.15, 0.2) is 0 Å².